The molecule has 6 rings (SSSR count). The predicted octanol–water partition coefficient (Wildman–Crippen LogP) is 6.85. The van der Waals surface area contributed by atoms with Gasteiger partial charge in [-0.05, 0) is 86.1 Å². The molecule has 2 heterocycles. The number of hydrogen-bond acceptors (Lipinski definition) is 4. The number of rotatable bonds is 6. The van der Waals surface area contributed by atoms with E-state index in [2.05, 4.69) is 36.4 Å². The molecular formula is C32H33NO4. The number of carbonyl (C=O) groups is 2. The summed E-state index contributed by atoms with van der Waals surface area (Å²) >= 11 is 0. The van der Waals surface area contributed by atoms with Gasteiger partial charge >= 0.3 is 6.09 Å². The molecule has 2 bridgehead atoms. The van der Waals surface area contributed by atoms with Crippen molar-refractivity contribution in [3.8, 4) is 16.9 Å². The fourth-order valence-corrected chi connectivity index (χ4v) is 6.56. The first-order chi connectivity index (χ1) is 18.0. The molecule has 2 atom stereocenters. The maximum Gasteiger partial charge on any atom is 0.410 e. The van der Waals surface area contributed by atoms with Crippen molar-refractivity contribution < 1.29 is 19.1 Å². The Balaban J connectivity index is 1.11. The van der Waals surface area contributed by atoms with Crippen molar-refractivity contribution in [2.45, 2.75) is 63.6 Å². The summed E-state index contributed by atoms with van der Waals surface area (Å²) in [6, 6.07) is 24.3. The summed E-state index contributed by atoms with van der Waals surface area (Å²) in [4.78, 5) is 28.5. The maximum absolute atomic E-state index is 13.3. The number of ether oxygens (including phenoxy) is 2. The highest BCUT2D eigenvalue weighted by molar-refractivity contribution is 5.98. The molecule has 1 amide bonds. The van der Waals surface area contributed by atoms with Crippen molar-refractivity contribution in [1.29, 1.82) is 0 Å². The van der Waals surface area contributed by atoms with Gasteiger partial charge in [0.25, 0.3) is 0 Å². The lowest BCUT2D eigenvalue weighted by atomic mass is 9.85. The third-order valence-corrected chi connectivity index (χ3v) is 8.16. The second-order valence-electron chi connectivity index (χ2n) is 10.8. The standard InChI is InChI=1S/C32H33NO4/c1-20(2)37-25-15-11-21(12-16-25)31(34)22-17-23-13-14-24(18-22)33(23)32(35)36-19-30-28-9-5-3-7-26(28)27-8-4-6-10-29(27)30/h3-12,15-16,20,22-24,30H,13-14,17-19H2,1-2H3. The minimum absolute atomic E-state index is 0.0516. The lowest BCUT2D eigenvalue weighted by Gasteiger charge is -2.37. The van der Waals surface area contributed by atoms with Crippen LogP contribution in [0.15, 0.2) is 72.8 Å². The molecule has 1 aliphatic carbocycles. The van der Waals surface area contributed by atoms with Gasteiger partial charge in [0.1, 0.15) is 12.4 Å². The minimum Gasteiger partial charge on any atom is -0.491 e. The number of carbonyl (C=O) groups excluding carboxylic acids is 2. The van der Waals surface area contributed by atoms with Crippen LogP contribution in [0.3, 0.4) is 0 Å². The molecule has 0 spiro atoms. The number of fused-ring (bicyclic) bond motifs is 5. The smallest absolute Gasteiger partial charge is 0.410 e. The highest BCUT2D eigenvalue weighted by atomic mass is 16.6. The molecule has 2 unspecified atom stereocenters. The Morgan fingerprint density at radius 3 is 1.97 bits per heavy atom. The van der Waals surface area contributed by atoms with Crippen LogP contribution in [0, 0.1) is 5.92 Å². The first-order valence-electron chi connectivity index (χ1n) is 13.4. The van der Waals surface area contributed by atoms with E-state index in [1.54, 1.807) is 0 Å². The number of hydrogen-bond donors (Lipinski definition) is 0. The van der Waals surface area contributed by atoms with E-state index in [4.69, 9.17) is 9.47 Å². The number of nitrogens with zero attached hydrogens (tertiary/aromatic N) is 1. The molecular weight excluding hydrogens is 462 g/mol. The zero-order valence-corrected chi connectivity index (χ0v) is 21.4. The van der Waals surface area contributed by atoms with Crippen molar-refractivity contribution in [3.05, 3.63) is 89.5 Å². The quantitative estimate of drug-likeness (QED) is 0.351. The molecule has 0 aromatic heterocycles. The van der Waals surface area contributed by atoms with Crippen LogP contribution < -0.4 is 4.74 Å². The third kappa shape index (κ3) is 4.41. The molecule has 37 heavy (non-hydrogen) atoms. The summed E-state index contributed by atoms with van der Waals surface area (Å²) in [6.45, 7) is 4.30. The van der Waals surface area contributed by atoms with Gasteiger partial charge in [-0.3, -0.25) is 4.79 Å². The molecule has 0 radical (unpaired) electrons. The highest BCUT2D eigenvalue weighted by Gasteiger charge is 2.46. The van der Waals surface area contributed by atoms with Crippen LogP contribution in [-0.4, -0.2) is 41.6 Å². The van der Waals surface area contributed by atoms with Gasteiger partial charge in [0.2, 0.25) is 0 Å². The van der Waals surface area contributed by atoms with E-state index in [0.29, 0.717) is 19.4 Å². The topological polar surface area (TPSA) is 55.8 Å². The first-order valence-corrected chi connectivity index (χ1v) is 13.4. The van der Waals surface area contributed by atoms with Crippen LogP contribution in [0.5, 0.6) is 5.75 Å². The van der Waals surface area contributed by atoms with E-state index in [1.165, 1.54) is 22.3 Å². The normalized spacial score (nSPS) is 22.0. The van der Waals surface area contributed by atoms with Crippen molar-refractivity contribution in [1.82, 2.24) is 4.90 Å². The van der Waals surface area contributed by atoms with Crippen LogP contribution in [-0.2, 0) is 4.74 Å². The highest BCUT2D eigenvalue weighted by Crippen LogP contribution is 2.45. The molecule has 2 fully saturated rings. The minimum atomic E-state index is -0.240. The second kappa shape index (κ2) is 9.70. The monoisotopic (exact) mass is 495 g/mol. The summed E-state index contributed by atoms with van der Waals surface area (Å²) in [7, 11) is 0. The lowest BCUT2D eigenvalue weighted by molar-refractivity contribution is 0.0506. The van der Waals surface area contributed by atoms with E-state index >= 15 is 0 Å². The molecule has 5 heteroatoms. The summed E-state index contributed by atoms with van der Waals surface area (Å²) in [5, 5.41) is 0. The molecule has 0 saturated carbocycles. The van der Waals surface area contributed by atoms with Crippen LogP contribution in [0.4, 0.5) is 4.79 Å². The number of benzene rings is 3. The van der Waals surface area contributed by atoms with E-state index in [0.717, 1.165) is 24.2 Å². The maximum atomic E-state index is 13.3. The second-order valence-corrected chi connectivity index (χ2v) is 10.8. The summed E-state index contributed by atoms with van der Waals surface area (Å²) in [5.41, 5.74) is 5.60. The fraction of sp³-hybridized carbons (Fsp3) is 0.375. The third-order valence-electron chi connectivity index (χ3n) is 8.16. The Labute approximate surface area is 218 Å². The largest absolute Gasteiger partial charge is 0.491 e. The number of piperidine rings is 1. The molecule has 0 N–H and O–H groups in total. The Morgan fingerprint density at radius 2 is 1.41 bits per heavy atom. The average Bonchev–Trinajstić information content (AvgIpc) is 3.37. The molecule has 2 saturated heterocycles. The molecule has 2 aliphatic heterocycles. The average molecular weight is 496 g/mol. The van der Waals surface area contributed by atoms with Gasteiger partial charge in [0.05, 0.1) is 6.10 Å². The van der Waals surface area contributed by atoms with Crippen molar-refractivity contribution in [2.75, 3.05) is 6.61 Å². The van der Waals surface area contributed by atoms with Gasteiger partial charge in [0, 0.05) is 29.5 Å². The molecule has 3 aliphatic rings. The Hall–Kier alpha value is -3.60. The van der Waals surface area contributed by atoms with Crippen LogP contribution in [0.2, 0.25) is 0 Å². The number of amides is 1. The van der Waals surface area contributed by atoms with Gasteiger partial charge in [-0.1, -0.05) is 48.5 Å². The van der Waals surface area contributed by atoms with E-state index in [-0.39, 0.29) is 41.9 Å². The first kappa shape index (κ1) is 23.8. The molecule has 3 aromatic rings. The van der Waals surface area contributed by atoms with Crippen molar-refractivity contribution in [2.24, 2.45) is 5.92 Å². The molecule has 3 aromatic carbocycles. The zero-order valence-electron chi connectivity index (χ0n) is 21.4. The van der Waals surface area contributed by atoms with Crippen LogP contribution in [0.25, 0.3) is 11.1 Å². The SMILES string of the molecule is CC(C)Oc1ccc(C(=O)C2CC3CCC(C2)N3C(=O)OCC2c3ccccc3-c3ccccc32)cc1. The zero-order chi connectivity index (χ0) is 25.5. The fourth-order valence-electron chi connectivity index (χ4n) is 6.56. The van der Waals surface area contributed by atoms with Gasteiger partial charge in [-0.25, -0.2) is 4.79 Å². The van der Waals surface area contributed by atoms with Crippen LogP contribution in [0.1, 0.15) is 66.9 Å². The Morgan fingerprint density at radius 1 is 0.838 bits per heavy atom. The van der Waals surface area contributed by atoms with Gasteiger partial charge in [0.15, 0.2) is 5.78 Å². The van der Waals surface area contributed by atoms with E-state index < -0.39 is 0 Å². The lowest BCUT2D eigenvalue weighted by Crippen LogP contribution is -2.48. The summed E-state index contributed by atoms with van der Waals surface area (Å²) in [5.74, 6) is 0.930. The van der Waals surface area contributed by atoms with E-state index in [1.807, 2.05) is 55.1 Å². The molecule has 190 valence electrons. The van der Waals surface area contributed by atoms with Crippen molar-refractivity contribution in [3.63, 3.8) is 0 Å². The Bertz CT molecular complexity index is 1250. The Kier molecular flexibility index (Phi) is 6.23. The van der Waals surface area contributed by atoms with Crippen LogP contribution >= 0.6 is 0 Å². The van der Waals surface area contributed by atoms with Gasteiger partial charge in [-0.2, -0.15) is 0 Å². The van der Waals surface area contributed by atoms with Gasteiger partial charge in [-0.15, -0.1) is 0 Å². The predicted molar refractivity (Wildman–Crippen MR) is 143 cm³/mol. The van der Waals surface area contributed by atoms with E-state index in [9.17, 15) is 9.59 Å². The van der Waals surface area contributed by atoms with Crippen molar-refractivity contribution >= 4 is 11.9 Å². The van der Waals surface area contributed by atoms with Gasteiger partial charge < -0.3 is 14.4 Å². The molecule has 5 nitrogen and oxygen atoms in total. The number of Topliss-reactive ketones (excluding diaryl/α,β-unsaturated/α-hetero) is 1. The number of ketones is 1. The summed E-state index contributed by atoms with van der Waals surface area (Å²) in [6.07, 6.45) is 3.11. The summed E-state index contributed by atoms with van der Waals surface area (Å²) < 4.78 is 11.7.